The SMILES string of the molecule is CN(C)S(=O)(=O)c1ccc(C(=O)N2CCC(Oc3nc4c(Cl)cccc4s3)CC2)cc1. The van der Waals surface area contributed by atoms with Gasteiger partial charge in [0.25, 0.3) is 11.1 Å². The minimum absolute atomic E-state index is 0.0176. The van der Waals surface area contributed by atoms with E-state index in [0.29, 0.717) is 41.7 Å². The third kappa shape index (κ3) is 4.55. The van der Waals surface area contributed by atoms with Gasteiger partial charge in [-0.3, -0.25) is 4.79 Å². The third-order valence-corrected chi connectivity index (χ3v) is 8.27. The first-order valence-electron chi connectivity index (χ1n) is 9.79. The normalized spacial score (nSPS) is 15.5. The number of carbonyl (C=O) groups is 1. The number of thiazole rings is 1. The molecule has 1 saturated heterocycles. The van der Waals surface area contributed by atoms with Gasteiger partial charge in [0.05, 0.1) is 14.6 Å². The molecule has 1 aromatic heterocycles. The summed E-state index contributed by atoms with van der Waals surface area (Å²) in [6, 6.07) is 11.7. The van der Waals surface area contributed by atoms with Crippen molar-refractivity contribution in [3.8, 4) is 5.19 Å². The molecule has 0 saturated carbocycles. The predicted octanol–water partition coefficient (Wildman–Crippen LogP) is 3.88. The molecular formula is C21H22ClN3O4S2. The molecule has 3 aromatic rings. The van der Waals surface area contributed by atoms with Crippen molar-refractivity contribution in [1.82, 2.24) is 14.2 Å². The smallest absolute Gasteiger partial charge is 0.274 e. The minimum Gasteiger partial charge on any atom is -0.467 e. The molecule has 7 nitrogen and oxygen atoms in total. The van der Waals surface area contributed by atoms with E-state index in [1.807, 2.05) is 12.1 Å². The number of piperidine rings is 1. The summed E-state index contributed by atoms with van der Waals surface area (Å²) in [5, 5.41) is 1.19. The zero-order valence-corrected chi connectivity index (χ0v) is 19.5. The topological polar surface area (TPSA) is 79.8 Å². The van der Waals surface area contributed by atoms with Crippen LogP contribution < -0.4 is 4.74 Å². The van der Waals surface area contributed by atoms with Crippen LogP contribution in [-0.2, 0) is 10.0 Å². The summed E-state index contributed by atoms with van der Waals surface area (Å²) in [6.45, 7) is 1.12. The Balaban J connectivity index is 1.37. The summed E-state index contributed by atoms with van der Waals surface area (Å²) < 4.78 is 32.5. The average molecular weight is 480 g/mol. The lowest BCUT2D eigenvalue weighted by Crippen LogP contribution is -2.41. The second-order valence-electron chi connectivity index (χ2n) is 7.49. The first-order chi connectivity index (χ1) is 14.8. The molecule has 164 valence electrons. The van der Waals surface area contributed by atoms with E-state index in [9.17, 15) is 13.2 Å². The van der Waals surface area contributed by atoms with E-state index in [2.05, 4.69) is 4.98 Å². The number of aromatic nitrogens is 1. The molecule has 0 radical (unpaired) electrons. The van der Waals surface area contributed by atoms with Gasteiger partial charge in [0.1, 0.15) is 11.6 Å². The first kappa shape index (κ1) is 22.0. The highest BCUT2D eigenvalue weighted by Gasteiger charge is 2.26. The largest absolute Gasteiger partial charge is 0.467 e. The van der Waals surface area contributed by atoms with Gasteiger partial charge in [0.2, 0.25) is 10.0 Å². The maximum Gasteiger partial charge on any atom is 0.274 e. The number of hydrogen-bond acceptors (Lipinski definition) is 6. The van der Waals surface area contributed by atoms with Crippen molar-refractivity contribution >= 4 is 49.1 Å². The molecule has 0 atom stereocenters. The van der Waals surface area contributed by atoms with Gasteiger partial charge in [-0.1, -0.05) is 29.0 Å². The molecule has 1 amide bonds. The van der Waals surface area contributed by atoms with Crippen LogP contribution in [-0.4, -0.2) is 61.8 Å². The van der Waals surface area contributed by atoms with Gasteiger partial charge < -0.3 is 9.64 Å². The van der Waals surface area contributed by atoms with Crippen molar-refractivity contribution in [2.75, 3.05) is 27.2 Å². The van der Waals surface area contributed by atoms with Gasteiger partial charge >= 0.3 is 0 Å². The molecule has 0 N–H and O–H groups in total. The number of sulfonamides is 1. The second kappa shape index (κ2) is 8.74. The number of rotatable bonds is 5. The van der Waals surface area contributed by atoms with Crippen LogP contribution in [0.1, 0.15) is 23.2 Å². The quantitative estimate of drug-likeness (QED) is 0.554. The lowest BCUT2D eigenvalue weighted by molar-refractivity contribution is 0.0595. The van der Waals surface area contributed by atoms with Crippen LogP contribution in [0.15, 0.2) is 47.4 Å². The lowest BCUT2D eigenvalue weighted by Gasteiger charge is -2.31. The van der Waals surface area contributed by atoms with Crippen LogP contribution in [0.5, 0.6) is 5.19 Å². The highest BCUT2D eigenvalue weighted by Crippen LogP contribution is 2.33. The Hall–Kier alpha value is -2.20. The number of benzene rings is 2. The minimum atomic E-state index is -3.52. The number of hydrogen-bond donors (Lipinski definition) is 0. The van der Waals surface area contributed by atoms with Gasteiger partial charge in [-0.25, -0.2) is 17.7 Å². The van der Waals surface area contributed by atoms with Crippen LogP contribution in [0.2, 0.25) is 5.02 Å². The molecule has 1 fully saturated rings. The van der Waals surface area contributed by atoms with Crippen LogP contribution in [0, 0.1) is 0 Å². The number of halogens is 1. The van der Waals surface area contributed by atoms with Gasteiger partial charge in [0, 0.05) is 45.6 Å². The monoisotopic (exact) mass is 479 g/mol. The maximum atomic E-state index is 12.8. The van der Waals surface area contributed by atoms with Crippen LogP contribution in [0.4, 0.5) is 0 Å². The summed E-state index contributed by atoms with van der Waals surface area (Å²) in [4.78, 5) is 19.2. The Morgan fingerprint density at radius 3 is 2.45 bits per heavy atom. The fraction of sp³-hybridized carbons (Fsp3) is 0.333. The molecule has 4 rings (SSSR count). The van der Waals surface area contributed by atoms with E-state index in [-0.39, 0.29) is 16.9 Å². The Morgan fingerprint density at radius 1 is 1.16 bits per heavy atom. The van der Waals surface area contributed by atoms with E-state index in [4.69, 9.17) is 16.3 Å². The average Bonchev–Trinajstić information content (AvgIpc) is 3.17. The molecular weight excluding hydrogens is 458 g/mol. The second-order valence-corrected chi connectivity index (χ2v) is 11.0. The van der Waals surface area contributed by atoms with Crippen LogP contribution in [0.3, 0.4) is 0 Å². The van der Waals surface area contributed by atoms with Crippen LogP contribution in [0.25, 0.3) is 10.2 Å². The maximum absolute atomic E-state index is 12.8. The first-order valence-corrected chi connectivity index (χ1v) is 12.4. The lowest BCUT2D eigenvalue weighted by atomic mass is 10.1. The van der Waals surface area contributed by atoms with Crippen molar-refractivity contribution in [1.29, 1.82) is 0 Å². The molecule has 31 heavy (non-hydrogen) atoms. The van der Waals surface area contributed by atoms with Gasteiger partial charge in [-0.2, -0.15) is 0 Å². The van der Waals surface area contributed by atoms with E-state index in [1.165, 1.54) is 37.6 Å². The van der Waals surface area contributed by atoms with Gasteiger partial charge in [-0.05, 0) is 36.4 Å². The molecule has 0 aliphatic carbocycles. The van der Waals surface area contributed by atoms with E-state index in [0.717, 1.165) is 14.5 Å². The number of likely N-dealkylation sites (tertiary alicyclic amines) is 1. The van der Waals surface area contributed by atoms with Crippen molar-refractivity contribution in [2.24, 2.45) is 0 Å². The Labute approximate surface area is 190 Å². The summed E-state index contributed by atoms with van der Waals surface area (Å²) in [6.07, 6.45) is 1.38. The Morgan fingerprint density at radius 2 is 1.84 bits per heavy atom. The number of carbonyl (C=O) groups excluding carboxylic acids is 1. The van der Waals surface area contributed by atoms with Gasteiger partial charge in [0.15, 0.2) is 0 Å². The van der Waals surface area contributed by atoms with Crippen molar-refractivity contribution < 1.29 is 17.9 Å². The molecule has 1 aliphatic rings. The Kier molecular flexibility index (Phi) is 6.20. The number of para-hydroxylation sites is 1. The summed E-state index contributed by atoms with van der Waals surface area (Å²) in [5.41, 5.74) is 1.22. The zero-order chi connectivity index (χ0) is 22.2. The van der Waals surface area contributed by atoms with E-state index >= 15 is 0 Å². The molecule has 10 heteroatoms. The van der Waals surface area contributed by atoms with Crippen LogP contribution >= 0.6 is 22.9 Å². The standard InChI is InChI=1S/C21H22ClN3O4S2/c1-24(2)31(27,28)16-8-6-14(7-9-16)20(26)25-12-10-15(11-13-25)29-21-23-19-17(22)4-3-5-18(19)30-21/h3-9,15H,10-13H2,1-2H3. The summed E-state index contributed by atoms with van der Waals surface area (Å²) in [5.74, 6) is -0.112. The number of fused-ring (bicyclic) bond motifs is 1. The highest BCUT2D eigenvalue weighted by atomic mass is 35.5. The van der Waals surface area contributed by atoms with Crippen molar-refractivity contribution in [3.05, 3.63) is 53.1 Å². The predicted molar refractivity (Wildman–Crippen MR) is 121 cm³/mol. The van der Waals surface area contributed by atoms with Crippen molar-refractivity contribution in [3.63, 3.8) is 0 Å². The third-order valence-electron chi connectivity index (χ3n) is 5.23. The summed E-state index contributed by atoms with van der Waals surface area (Å²) in [7, 11) is -0.564. The molecule has 2 aromatic carbocycles. The van der Waals surface area contributed by atoms with Gasteiger partial charge in [-0.15, -0.1) is 0 Å². The van der Waals surface area contributed by atoms with E-state index < -0.39 is 10.0 Å². The highest BCUT2D eigenvalue weighted by molar-refractivity contribution is 7.89. The molecule has 0 spiro atoms. The molecule has 0 unspecified atom stereocenters. The molecule has 1 aliphatic heterocycles. The summed E-state index contributed by atoms with van der Waals surface area (Å²) >= 11 is 7.65. The number of nitrogens with zero attached hydrogens (tertiary/aromatic N) is 3. The number of amides is 1. The fourth-order valence-electron chi connectivity index (χ4n) is 3.43. The number of ether oxygens (including phenoxy) is 1. The Bertz CT molecular complexity index is 1200. The van der Waals surface area contributed by atoms with Crippen molar-refractivity contribution in [2.45, 2.75) is 23.8 Å². The zero-order valence-electron chi connectivity index (χ0n) is 17.1. The fourth-order valence-corrected chi connectivity index (χ4v) is 5.51. The molecule has 0 bridgehead atoms. The molecule has 2 heterocycles. The van der Waals surface area contributed by atoms with E-state index in [1.54, 1.807) is 23.1 Å².